The number of nitrogens with zero attached hydrogens (tertiary/aromatic N) is 1. The molecule has 2 aromatic rings. The SMILES string of the molecule is Nc1nc(C(=O)Nc2cccc(F)c2)cs1. The van der Waals surface area contributed by atoms with Crippen LogP contribution >= 0.6 is 11.3 Å². The van der Waals surface area contributed by atoms with Gasteiger partial charge in [-0.2, -0.15) is 0 Å². The zero-order chi connectivity index (χ0) is 11.5. The first kappa shape index (κ1) is 10.6. The number of aromatic nitrogens is 1. The van der Waals surface area contributed by atoms with E-state index in [0.717, 1.165) is 0 Å². The molecule has 16 heavy (non-hydrogen) atoms. The van der Waals surface area contributed by atoms with E-state index in [9.17, 15) is 9.18 Å². The molecule has 0 fully saturated rings. The third kappa shape index (κ3) is 2.34. The molecule has 4 nitrogen and oxygen atoms in total. The minimum Gasteiger partial charge on any atom is -0.375 e. The summed E-state index contributed by atoms with van der Waals surface area (Å²) >= 11 is 1.18. The van der Waals surface area contributed by atoms with Gasteiger partial charge in [0, 0.05) is 11.1 Å². The molecule has 0 unspecified atom stereocenters. The van der Waals surface area contributed by atoms with Crippen LogP contribution in [0.3, 0.4) is 0 Å². The van der Waals surface area contributed by atoms with Crippen LogP contribution in [0.15, 0.2) is 29.6 Å². The molecule has 1 aromatic carbocycles. The Morgan fingerprint density at radius 2 is 2.31 bits per heavy atom. The number of anilines is 2. The molecule has 6 heteroatoms. The number of nitrogens with two attached hydrogens (primary N) is 1. The summed E-state index contributed by atoms with van der Waals surface area (Å²) in [5.41, 5.74) is 6.02. The van der Waals surface area contributed by atoms with Gasteiger partial charge in [0.2, 0.25) is 0 Å². The van der Waals surface area contributed by atoms with E-state index in [4.69, 9.17) is 5.73 Å². The molecule has 3 N–H and O–H groups in total. The average molecular weight is 237 g/mol. The van der Waals surface area contributed by atoms with Gasteiger partial charge in [0.05, 0.1) is 0 Å². The molecule has 0 saturated carbocycles. The molecule has 0 atom stereocenters. The zero-order valence-electron chi connectivity index (χ0n) is 8.11. The highest BCUT2D eigenvalue weighted by Gasteiger charge is 2.09. The van der Waals surface area contributed by atoms with E-state index in [2.05, 4.69) is 10.3 Å². The molecule has 0 aliphatic carbocycles. The van der Waals surface area contributed by atoms with Crippen molar-refractivity contribution in [3.05, 3.63) is 41.2 Å². The van der Waals surface area contributed by atoms with Crippen molar-refractivity contribution >= 4 is 28.1 Å². The Morgan fingerprint density at radius 3 is 2.94 bits per heavy atom. The number of nitrogens with one attached hydrogen (secondary N) is 1. The Kier molecular flexibility index (Phi) is 2.82. The van der Waals surface area contributed by atoms with Crippen LogP contribution in [-0.2, 0) is 0 Å². The van der Waals surface area contributed by atoms with E-state index in [1.54, 1.807) is 11.4 Å². The van der Waals surface area contributed by atoms with Crippen molar-refractivity contribution < 1.29 is 9.18 Å². The second-order valence-electron chi connectivity index (χ2n) is 3.04. The van der Waals surface area contributed by atoms with Gasteiger partial charge < -0.3 is 11.1 Å². The Morgan fingerprint density at radius 1 is 1.50 bits per heavy atom. The summed E-state index contributed by atoms with van der Waals surface area (Å²) in [6.45, 7) is 0. The van der Waals surface area contributed by atoms with Crippen LogP contribution in [-0.4, -0.2) is 10.9 Å². The van der Waals surface area contributed by atoms with Crippen LogP contribution in [0.4, 0.5) is 15.2 Å². The van der Waals surface area contributed by atoms with Crippen molar-refractivity contribution in [1.29, 1.82) is 0 Å². The van der Waals surface area contributed by atoms with E-state index in [1.165, 1.54) is 29.5 Å². The smallest absolute Gasteiger partial charge is 0.275 e. The molecule has 0 bridgehead atoms. The first-order chi connectivity index (χ1) is 7.65. The molecule has 2 rings (SSSR count). The fraction of sp³-hybridized carbons (Fsp3) is 0. The lowest BCUT2D eigenvalue weighted by atomic mass is 10.3. The quantitative estimate of drug-likeness (QED) is 0.840. The van der Waals surface area contributed by atoms with E-state index < -0.39 is 11.7 Å². The second kappa shape index (κ2) is 4.28. The lowest BCUT2D eigenvalue weighted by molar-refractivity contribution is 0.102. The van der Waals surface area contributed by atoms with E-state index in [0.29, 0.717) is 10.8 Å². The van der Waals surface area contributed by atoms with Gasteiger partial charge in [-0.1, -0.05) is 6.07 Å². The molecule has 0 aliphatic rings. The van der Waals surface area contributed by atoms with Crippen LogP contribution in [0.25, 0.3) is 0 Å². The van der Waals surface area contributed by atoms with E-state index >= 15 is 0 Å². The van der Waals surface area contributed by atoms with Crippen molar-refractivity contribution in [3.8, 4) is 0 Å². The molecular formula is C10H8FN3OS. The fourth-order valence-electron chi connectivity index (χ4n) is 1.15. The number of nitrogen functional groups attached to an aromatic ring is 1. The predicted octanol–water partition coefficient (Wildman–Crippen LogP) is 2.12. The van der Waals surface area contributed by atoms with Crippen molar-refractivity contribution in [3.63, 3.8) is 0 Å². The topological polar surface area (TPSA) is 68.0 Å². The number of hydrogen-bond donors (Lipinski definition) is 2. The van der Waals surface area contributed by atoms with Crippen LogP contribution in [0.1, 0.15) is 10.5 Å². The van der Waals surface area contributed by atoms with Gasteiger partial charge in [-0.15, -0.1) is 11.3 Å². The first-order valence-corrected chi connectivity index (χ1v) is 5.31. The molecule has 1 heterocycles. The monoisotopic (exact) mass is 237 g/mol. The van der Waals surface area contributed by atoms with Gasteiger partial charge in [0.1, 0.15) is 11.5 Å². The molecular weight excluding hydrogens is 229 g/mol. The Labute approximate surface area is 94.9 Å². The lowest BCUT2D eigenvalue weighted by Gasteiger charge is -2.02. The lowest BCUT2D eigenvalue weighted by Crippen LogP contribution is -2.12. The molecule has 1 aromatic heterocycles. The number of carbonyl (C=O) groups excluding carboxylic acids is 1. The normalized spacial score (nSPS) is 10.1. The number of benzene rings is 1. The highest BCUT2D eigenvalue weighted by atomic mass is 32.1. The summed E-state index contributed by atoms with van der Waals surface area (Å²) in [7, 11) is 0. The number of hydrogen-bond acceptors (Lipinski definition) is 4. The number of rotatable bonds is 2. The van der Waals surface area contributed by atoms with E-state index in [1.807, 2.05) is 0 Å². The molecule has 0 saturated heterocycles. The number of amides is 1. The van der Waals surface area contributed by atoms with Crippen molar-refractivity contribution in [2.45, 2.75) is 0 Å². The average Bonchev–Trinajstić information content (AvgIpc) is 2.65. The maximum Gasteiger partial charge on any atom is 0.275 e. The summed E-state index contributed by atoms with van der Waals surface area (Å²) in [5.74, 6) is -0.811. The summed E-state index contributed by atoms with van der Waals surface area (Å²) in [6.07, 6.45) is 0. The van der Waals surface area contributed by atoms with Gasteiger partial charge in [-0.25, -0.2) is 9.37 Å². The van der Waals surface area contributed by atoms with E-state index in [-0.39, 0.29) is 5.69 Å². The Balaban J connectivity index is 2.13. The highest BCUT2D eigenvalue weighted by Crippen LogP contribution is 2.14. The van der Waals surface area contributed by atoms with Crippen molar-refractivity contribution in [2.75, 3.05) is 11.1 Å². The molecule has 82 valence electrons. The van der Waals surface area contributed by atoms with Crippen LogP contribution in [0.5, 0.6) is 0 Å². The summed E-state index contributed by atoms with van der Waals surface area (Å²) in [6, 6.07) is 5.64. The first-order valence-electron chi connectivity index (χ1n) is 4.43. The van der Waals surface area contributed by atoms with Crippen molar-refractivity contribution in [1.82, 2.24) is 4.98 Å². The molecule has 0 radical (unpaired) electrons. The predicted molar refractivity (Wildman–Crippen MR) is 60.9 cm³/mol. The standard InChI is InChI=1S/C10H8FN3OS/c11-6-2-1-3-7(4-6)13-9(15)8-5-16-10(12)14-8/h1-5H,(H2,12,14)(H,13,15). The number of thiazole rings is 1. The van der Waals surface area contributed by atoms with Gasteiger partial charge >= 0.3 is 0 Å². The van der Waals surface area contributed by atoms with Gasteiger partial charge in [-0.3, -0.25) is 4.79 Å². The number of carbonyl (C=O) groups is 1. The van der Waals surface area contributed by atoms with Crippen LogP contribution < -0.4 is 11.1 Å². The summed E-state index contributed by atoms with van der Waals surface area (Å²) in [5, 5.41) is 4.39. The van der Waals surface area contributed by atoms with Gasteiger partial charge in [0.15, 0.2) is 5.13 Å². The van der Waals surface area contributed by atoms with Crippen molar-refractivity contribution in [2.24, 2.45) is 0 Å². The molecule has 1 amide bonds. The summed E-state index contributed by atoms with van der Waals surface area (Å²) < 4.78 is 12.8. The third-order valence-electron chi connectivity index (χ3n) is 1.84. The zero-order valence-corrected chi connectivity index (χ0v) is 8.92. The van der Waals surface area contributed by atoms with Crippen LogP contribution in [0, 0.1) is 5.82 Å². The highest BCUT2D eigenvalue weighted by molar-refractivity contribution is 7.13. The maximum absolute atomic E-state index is 12.8. The van der Waals surface area contributed by atoms with Gasteiger partial charge in [0.25, 0.3) is 5.91 Å². The minimum atomic E-state index is -0.407. The third-order valence-corrected chi connectivity index (χ3v) is 2.51. The second-order valence-corrected chi connectivity index (χ2v) is 3.93. The minimum absolute atomic E-state index is 0.228. The molecule has 0 spiro atoms. The molecule has 0 aliphatic heterocycles. The Bertz CT molecular complexity index is 526. The number of halogens is 1. The Hall–Kier alpha value is -1.95. The van der Waals surface area contributed by atoms with Gasteiger partial charge in [-0.05, 0) is 18.2 Å². The maximum atomic E-state index is 12.8. The van der Waals surface area contributed by atoms with Crippen LogP contribution in [0.2, 0.25) is 0 Å². The largest absolute Gasteiger partial charge is 0.375 e. The summed E-state index contributed by atoms with van der Waals surface area (Å²) in [4.78, 5) is 15.4. The fourth-order valence-corrected chi connectivity index (χ4v) is 1.70.